The molecule has 1 aliphatic rings. The monoisotopic (exact) mass is 464 g/mol. The maximum absolute atomic E-state index is 12.7. The summed E-state index contributed by atoms with van der Waals surface area (Å²) in [5, 5.41) is 39.2. The number of hydrogen-bond donors (Lipinski definition) is 4. The van der Waals surface area contributed by atoms with Gasteiger partial charge in [-0.2, -0.15) is 0 Å². The number of rotatable bonds is 4. The van der Waals surface area contributed by atoms with Crippen LogP contribution in [0.15, 0.2) is 63.8 Å². The van der Waals surface area contributed by atoms with Crippen LogP contribution in [0.3, 0.4) is 0 Å². The zero-order chi connectivity index (χ0) is 24.0. The van der Waals surface area contributed by atoms with E-state index in [1.54, 1.807) is 24.3 Å². The fourth-order valence-electron chi connectivity index (χ4n) is 3.98. The number of phenols is 3. The van der Waals surface area contributed by atoms with Gasteiger partial charge in [0.1, 0.15) is 34.0 Å². The van der Waals surface area contributed by atoms with Crippen LogP contribution in [0.4, 0.5) is 0 Å². The third-order valence-electron chi connectivity index (χ3n) is 5.58. The van der Waals surface area contributed by atoms with E-state index in [0.717, 1.165) is 6.07 Å². The molecule has 1 aromatic heterocycles. The molecule has 3 aromatic carbocycles. The lowest BCUT2D eigenvalue weighted by Gasteiger charge is -2.34. The van der Waals surface area contributed by atoms with Crippen LogP contribution in [0.5, 0.6) is 34.5 Å². The van der Waals surface area contributed by atoms with E-state index in [2.05, 4.69) is 0 Å². The number of methoxy groups -OCH3 is 1. The first kappa shape index (κ1) is 21.5. The topological polar surface area (TPSA) is 139 Å². The number of ether oxygens (including phenoxy) is 3. The van der Waals surface area contributed by atoms with E-state index in [0.29, 0.717) is 16.9 Å². The molecule has 0 saturated heterocycles. The Bertz CT molecular complexity index is 1440. The highest BCUT2D eigenvalue weighted by atomic mass is 16.6. The second-order valence-electron chi connectivity index (χ2n) is 7.79. The second-order valence-corrected chi connectivity index (χ2v) is 7.79. The number of aliphatic hydroxyl groups is 1. The Morgan fingerprint density at radius 3 is 2.41 bits per heavy atom. The van der Waals surface area contributed by atoms with Crippen molar-refractivity contribution in [3.8, 4) is 45.8 Å². The quantitative estimate of drug-likeness (QED) is 0.358. The van der Waals surface area contributed by atoms with Gasteiger partial charge in [0.05, 0.1) is 13.7 Å². The molecule has 1 aliphatic heterocycles. The minimum atomic E-state index is -0.735. The highest BCUT2D eigenvalue weighted by Crippen LogP contribution is 2.48. The highest BCUT2D eigenvalue weighted by molar-refractivity contribution is 5.86. The van der Waals surface area contributed by atoms with Gasteiger partial charge in [-0.3, -0.25) is 4.79 Å². The summed E-state index contributed by atoms with van der Waals surface area (Å²) in [5.74, 6) is 0.458. The van der Waals surface area contributed by atoms with Gasteiger partial charge in [-0.05, 0) is 29.8 Å². The smallest absolute Gasteiger partial charge is 0.204 e. The van der Waals surface area contributed by atoms with Crippen LogP contribution in [0, 0.1) is 0 Å². The number of aliphatic hydroxyl groups excluding tert-OH is 1. The first-order valence-corrected chi connectivity index (χ1v) is 10.3. The molecule has 4 N–H and O–H groups in total. The molecular formula is C25H20O9. The average molecular weight is 464 g/mol. The fraction of sp³-hybridized carbons (Fsp3) is 0.160. The Morgan fingerprint density at radius 1 is 0.941 bits per heavy atom. The van der Waals surface area contributed by atoms with Crippen LogP contribution in [-0.4, -0.2) is 40.2 Å². The molecular weight excluding hydrogens is 444 g/mol. The minimum absolute atomic E-state index is 0.0103. The van der Waals surface area contributed by atoms with Gasteiger partial charge in [0.25, 0.3) is 0 Å². The molecule has 0 saturated carbocycles. The molecule has 0 fully saturated rings. The third kappa shape index (κ3) is 3.61. The van der Waals surface area contributed by atoms with Crippen LogP contribution < -0.4 is 19.6 Å². The molecule has 5 rings (SSSR count). The van der Waals surface area contributed by atoms with E-state index < -0.39 is 17.6 Å². The molecule has 4 aromatic rings. The third-order valence-corrected chi connectivity index (χ3v) is 5.58. The maximum Gasteiger partial charge on any atom is 0.204 e. The SMILES string of the molecule is COc1cc(-c2cc(=O)c3c(O)cc(O)cc3o2)cc2c1OC(CO)C(c1ccc(O)cc1)O2. The van der Waals surface area contributed by atoms with Crippen molar-refractivity contribution in [1.82, 2.24) is 0 Å². The van der Waals surface area contributed by atoms with Crippen LogP contribution in [0.1, 0.15) is 11.7 Å². The number of aromatic hydroxyl groups is 3. The molecule has 9 nitrogen and oxygen atoms in total. The fourth-order valence-corrected chi connectivity index (χ4v) is 3.98. The summed E-state index contributed by atoms with van der Waals surface area (Å²) >= 11 is 0. The average Bonchev–Trinajstić information content (AvgIpc) is 2.82. The standard InChI is InChI=1S/C25H20O9/c1-31-20-6-13(18-10-17(30)23-16(29)8-15(28)9-19(23)32-18)7-21-25(20)34-22(11-26)24(33-21)12-2-4-14(27)5-3-12/h2-10,22,24,26-29H,11H2,1H3. The molecule has 34 heavy (non-hydrogen) atoms. The molecule has 0 amide bonds. The molecule has 0 spiro atoms. The Labute approximate surface area is 192 Å². The first-order chi connectivity index (χ1) is 16.4. The lowest BCUT2D eigenvalue weighted by molar-refractivity contribution is -0.0140. The van der Waals surface area contributed by atoms with Gasteiger partial charge >= 0.3 is 0 Å². The van der Waals surface area contributed by atoms with Gasteiger partial charge < -0.3 is 39.1 Å². The van der Waals surface area contributed by atoms with Crippen molar-refractivity contribution in [3.63, 3.8) is 0 Å². The van der Waals surface area contributed by atoms with Gasteiger partial charge in [-0.1, -0.05) is 12.1 Å². The molecule has 2 atom stereocenters. The second kappa shape index (κ2) is 8.20. The first-order valence-electron chi connectivity index (χ1n) is 10.3. The van der Waals surface area contributed by atoms with Crippen LogP contribution in [0.25, 0.3) is 22.3 Å². The van der Waals surface area contributed by atoms with Crippen molar-refractivity contribution in [1.29, 1.82) is 0 Å². The van der Waals surface area contributed by atoms with E-state index in [-0.39, 0.29) is 52.1 Å². The molecule has 0 radical (unpaired) electrons. The van der Waals surface area contributed by atoms with E-state index in [1.807, 2.05) is 0 Å². The van der Waals surface area contributed by atoms with Crippen LogP contribution in [0.2, 0.25) is 0 Å². The van der Waals surface area contributed by atoms with Crippen molar-refractivity contribution in [2.24, 2.45) is 0 Å². The predicted molar refractivity (Wildman–Crippen MR) is 121 cm³/mol. The van der Waals surface area contributed by atoms with Crippen molar-refractivity contribution >= 4 is 11.0 Å². The largest absolute Gasteiger partial charge is 0.508 e. The zero-order valence-electron chi connectivity index (χ0n) is 17.9. The number of hydrogen-bond acceptors (Lipinski definition) is 9. The molecule has 9 heteroatoms. The highest BCUT2D eigenvalue weighted by Gasteiger charge is 2.35. The van der Waals surface area contributed by atoms with Crippen molar-refractivity contribution in [2.45, 2.75) is 12.2 Å². The number of benzene rings is 3. The lowest BCUT2D eigenvalue weighted by Crippen LogP contribution is -2.36. The van der Waals surface area contributed by atoms with Crippen molar-refractivity contribution in [2.75, 3.05) is 13.7 Å². The Hall–Kier alpha value is -4.37. The van der Waals surface area contributed by atoms with Gasteiger partial charge in [-0.15, -0.1) is 0 Å². The number of phenolic OH excluding ortho intramolecular Hbond substituents is 3. The van der Waals surface area contributed by atoms with Gasteiger partial charge in [-0.25, -0.2) is 0 Å². The Kier molecular flexibility index (Phi) is 5.18. The van der Waals surface area contributed by atoms with Crippen LogP contribution in [-0.2, 0) is 0 Å². The molecule has 0 bridgehead atoms. The van der Waals surface area contributed by atoms with E-state index in [1.165, 1.54) is 31.4 Å². The molecule has 174 valence electrons. The molecule has 2 unspecified atom stereocenters. The van der Waals surface area contributed by atoms with E-state index >= 15 is 0 Å². The molecule has 0 aliphatic carbocycles. The normalized spacial score (nSPS) is 17.0. The predicted octanol–water partition coefficient (Wildman–Crippen LogP) is 3.46. The van der Waals surface area contributed by atoms with E-state index in [9.17, 15) is 25.2 Å². The summed E-state index contributed by atoms with van der Waals surface area (Å²) in [7, 11) is 1.44. The summed E-state index contributed by atoms with van der Waals surface area (Å²) in [5.41, 5.74) is 0.615. The summed E-state index contributed by atoms with van der Waals surface area (Å²) in [6, 6.07) is 13.1. The summed E-state index contributed by atoms with van der Waals surface area (Å²) in [6.45, 7) is -0.331. The maximum atomic E-state index is 12.7. The van der Waals surface area contributed by atoms with Crippen LogP contribution >= 0.6 is 0 Å². The van der Waals surface area contributed by atoms with Gasteiger partial charge in [0.15, 0.2) is 29.1 Å². The van der Waals surface area contributed by atoms with Crippen molar-refractivity contribution in [3.05, 3.63) is 70.4 Å². The van der Waals surface area contributed by atoms with Gasteiger partial charge in [0.2, 0.25) is 5.75 Å². The summed E-state index contributed by atoms with van der Waals surface area (Å²) in [6.07, 6.45) is -1.42. The minimum Gasteiger partial charge on any atom is -0.508 e. The summed E-state index contributed by atoms with van der Waals surface area (Å²) in [4.78, 5) is 12.7. The Balaban J connectivity index is 1.63. The zero-order valence-corrected chi connectivity index (χ0v) is 17.9. The van der Waals surface area contributed by atoms with Crippen molar-refractivity contribution < 1.29 is 39.1 Å². The lowest BCUT2D eigenvalue weighted by atomic mass is 10.0. The van der Waals surface area contributed by atoms with E-state index in [4.69, 9.17) is 18.6 Å². The summed E-state index contributed by atoms with van der Waals surface area (Å²) < 4.78 is 23.4. The van der Waals surface area contributed by atoms with Gasteiger partial charge in [0, 0.05) is 23.8 Å². The Morgan fingerprint density at radius 2 is 1.71 bits per heavy atom. The molecule has 2 heterocycles. The number of fused-ring (bicyclic) bond motifs is 2.